The van der Waals surface area contributed by atoms with Crippen LogP contribution in [0.1, 0.15) is 12.0 Å². The van der Waals surface area contributed by atoms with Crippen molar-refractivity contribution < 1.29 is 9.59 Å². The number of imide groups is 1. The molecular formula is C12H14N2O2S. The van der Waals surface area contributed by atoms with Gasteiger partial charge in [-0.15, -0.1) is 11.8 Å². The Kier molecular flexibility index (Phi) is 3.11. The van der Waals surface area contributed by atoms with Crippen molar-refractivity contribution in [2.75, 3.05) is 12.8 Å². The number of hydrogen-bond donors (Lipinski definition) is 1. The fraction of sp³-hybridized carbons (Fsp3) is 0.333. The van der Waals surface area contributed by atoms with Crippen molar-refractivity contribution in [1.29, 1.82) is 0 Å². The van der Waals surface area contributed by atoms with Crippen LogP contribution in [0.15, 0.2) is 23.1 Å². The molecule has 1 unspecified atom stereocenters. The zero-order chi connectivity index (χ0) is 12.6. The average Bonchev–Trinajstić information content (AvgIpc) is 2.53. The third kappa shape index (κ3) is 2.15. The van der Waals surface area contributed by atoms with Crippen LogP contribution in [0.4, 0.5) is 5.69 Å². The first-order valence-electron chi connectivity index (χ1n) is 5.33. The van der Waals surface area contributed by atoms with Gasteiger partial charge in [-0.3, -0.25) is 14.5 Å². The summed E-state index contributed by atoms with van der Waals surface area (Å²) in [4.78, 5) is 25.3. The van der Waals surface area contributed by atoms with Crippen molar-refractivity contribution in [2.24, 2.45) is 0 Å². The summed E-state index contributed by atoms with van der Waals surface area (Å²) in [6.45, 7) is 1.92. The number of thioether (sulfide) groups is 1. The van der Waals surface area contributed by atoms with Gasteiger partial charge < -0.3 is 5.73 Å². The van der Waals surface area contributed by atoms with Crippen LogP contribution < -0.4 is 5.73 Å². The van der Waals surface area contributed by atoms with Crippen LogP contribution in [0.3, 0.4) is 0 Å². The van der Waals surface area contributed by atoms with Gasteiger partial charge in [-0.05, 0) is 24.6 Å². The lowest BCUT2D eigenvalue weighted by Crippen LogP contribution is -2.26. The van der Waals surface area contributed by atoms with E-state index in [4.69, 9.17) is 5.73 Å². The molecule has 2 amide bonds. The van der Waals surface area contributed by atoms with E-state index in [-0.39, 0.29) is 23.5 Å². The van der Waals surface area contributed by atoms with E-state index in [0.29, 0.717) is 5.69 Å². The highest BCUT2D eigenvalue weighted by molar-refractivity contribution is 8.00. The molecule has 1 atom stereocenters. The number of rotatable bonds is 2. The van der Waals surface area contributed by atoms with Crippen LogP contribution in [0.25, 0.3) is 0 Å². The molecule has 0 aromatic heterocycles. The highest BCUT2D eigenvalue weighted by Crippen LogP contribution is 2.34. The molecule has 2 N–H and O–H groups in total. The number of nitrogens with two attached hydrogens (primary N) is 1. The van der Waals surface area contributed by atoms with E-state index in [2.05, 4.69) is 0 Å². The van der Waals surface area contributed by atoms with E-state index in [1.807, 2.05) is 25.1 Å². The first-order chi connectivity index (χ1) is 8.00. The number of likely N-dealkylation sites (tertiary alicyclic amines) is 1. The average molecular weight is 250 g/mol. The molecule has 1 aromatic rings. The number of carbonyl (C=O) groups excluding carboxylic acids is 2. The fourth-order valence-corrected chi connectivity index (χ4v) is 2.97. The molecule has 1 aromatic carbocycles. The van der Waals surface area contributed by atoms with E-state index in [1.165, 1.54) is 23.7 Å². The molecule has 0 bridgehead atoms. The minimum Gasteiger partial charge on any atom is -0.398 e. The Labute approximate surface area is 104 Å². The molecule has 1 saturated heterocycles. The molecule has 1 fully saturated rings. The summed E-state index contributed by atoms with van der Waals surface area (Å²) in [5, 5.41) is -0.312. The van der Waals surface area contributed by atoms with E-state index in [9.17, 15) is 9.59 Å². The van der Waals surface area contributed by atoms with E-state index in [0.717, 1.165) is 10.5 Å². The predicted octanol–water partition coefficient (Wildman–Crippen LogP) is 1.43. The largest absolute Gasteiger partial charge is 0.398 e. The number of nitrogen functional groups attached to an aromatic ring is 1. The lowest BCUT2D eigenvalue weighted by molar-refractivity contribution is -0.136. The Morgan fingerprint density at radius 3 is 2.71 bits per heavy atom. The number of anilines is 1. The lowest BCUT2D eigenvalue weighted by atomic mass is 10.2. The van der Waals surface area contributed by atoms with Crippen LogP contribution >= 0.6 is 11.8 Å². The molecule has 90 valence electrons. The number of nitrogens with zero attached hydrogens (tertiary/aromatic N) is 1. The Morgan fingerprint density at radius 2 is 2.12 bits per heavy atom. The zero-order valence-corrected chi connectivity index (χ0v) is 10.6. The van der Waals surface area contributed by atoms with Gasteiger partial charge in [-0.1, -0.05) is 6.07 Å². The Hall–Kier alpha value is -1.49. The molecular weight excluding hydrogens is 236 g/mol. The molecule has 4 nitrogen and oxygen atoms in total. The summed E-state index contributed by atoms with van der Waals surface area (Å²) >= 11 is 1.42. The minimum absolute atomic E-state index is 0.117. The molecule has 1 heterocycles. The van der Waals surface area contributed by atoms with E-state index < -0.39 is 0 Å². The van der Waals surface area contributed by atoms with Gasteiger partial charge >= 0.3 is 0 Å². The summed E-state index contributed by atoms with van der Waals surface area (Å²) in [6, 6.07) is 5.61. The Morgan fingerprint density at radius 1 is 1.41 bits per heavy atom. The molecule has 1 aliphatic heterocycles. The highest BCUT2D eigenvalue weighted by Gasteiger charge is 2.36. The summed E-state index contributed by atoms with van der Waals surface area (Å²) in [5.74, 6) is -0.240. The van der Waals surface area contributed by atoms with Crippen molar-refractivity contribution in [3.63, 3.8) is 0 Å². The number of carbonyl (C=O) groups is 2. The molecule has 0 spiro atoms. The van der Waals surface area contributed by atoms with Gasteiger partial charge in [0.1, 0.15) is 0 Å². The standard InChI is InChI=1S/C12H14N2O2S/c1-7-8(13)4-3-5-9(7)17-10-6-11(15)14(2)12(10)16/h3-5,10H,6,13H2,1-2H3. The van der Waals surface area contributed by atoms with Crippen LogP contribution in [-0.4, -0.2) is 29.0 Å². The fourth-order valence-electron chi connectivity index (χ4n) is 1.73. The molecule has 1 aliphatic rings. The smallest absolute Gasteiger partial charge is 0.242 e. The van der Waals surface area contributed by atoms with Gasteiger partial charge in [-0.25, -0.2) is 0 Å². The lowest BCUT2D eigenvalue weighted by Gasteiger charge is -2.11. The summed E-state index contributed by atoms with van der Waals surface area (Å²) < 4.78 is 0. The number of hydrogen-bond acceptors (Lipinski definition) is 4. The normalized spacial score (nSPS) is 20.1. The Balaban J connectivity index is 2.20. The summed E-state index contributed by atoms with van der Waals surface area (Å²) in [5.41, 5.74) is 7.48. The zero-order valence-electron chi connectivity index (χ0n) is 9.77. The highest BCUT2D eigenvalue weighted by atomic mass is 32.2. The van der Waals surface area contributed by atoms with Gasteiger partial charge in [0.2, 0.25) is 11.8 Å². The maximum Gasteiger partial charge on any atom is 0.242 e. The topological polar surface area (TPSA) is 63.4 Å². The molecule has 17 heavy (non-hydrogen) atoms. The molecule has 5 heteroatoms. The summed E-state index contributed by atoms with van der Waals surface area (Å²) in [7, 11) is 1.53. The molecule has 0 radical (unpaired) electrons. The monoisotopic (exact) mass is 250 g/mol. The first-order valence-corrected chi connectivity index (χ1v) is 6.21. The number of benzene rings is 1. The second-order valence-electron chi connectivity index (χ2n) is 4.07. The number of amides is 2. The van der Waals surface area contributed by atoms with Crippen LogP contribution in [0.2, 0.25) is 0 Å². The predicted molar refractivity (Wildman–Crippen MR) is 67.6 cm³/mol. The quantitative estimate of drug-likeness (QED) is 0.637. The maximum atomic E-state index is 11.8. The van der Waals surface area contributed by atoms with Crippen LogP contribution in [-0.2, 0) is 9.59 Å². The second-order valence-corrected chi connectivity index (χ2v) is 5.32. The second kappa shape index (κ2) is 4.41. The molecule has 2 rings (SSSR count). The SMILES string of the molecule is Cc1c(N)cccc1SC1CC(=O)N(C)C1=O. The molecule has 0 aliphatic carbocycles. The van der Waals surface area contributed by atoms with Gasteiger partial charge in [0.05, 0.1) is 5.25 Å². The van der Waals surface area contributed by atoms with Gasteiger partial charge in [-0.2, -0.15) is 0 Å². The van der Waals surface area contributed by atoms with Crippen molar-refractivity contribution in [2.45, 2.75) is 23.5 Å². The first kappa shape index (κ1) is 12.0. The van der Waals surface area contributed by atoms with Crippen LogP contribution in [0.5, 0.6) is 0 Å². The summed E-state index contributed by atoms with van der Waals surface area (Å²) in [6.07, 6.45) is 0.272. The minimum atomic E-state index is -0.312. The van der Waals surface area contributed by atoms with Crippen molar-refractivity contribution in [1.82, 2.24) is 4.90 Å². The third-order valence-corrected chi connectivity index (χ3v) is 4.28. The van der Waals surface area contributed by atoms with Crippen molar-refractivity contribution >= 4 is 29.3 Å². The van der Waals surface area contributed by atoms with Crippen molar-refractivity contribution in [3.05, 3.63) is 23.8 Å². The molecule has 0 saturated carbocycles. The van der Waals surface area contributed by atoms with E-state index >= 15 is 0 Å². The van der Waals surface area contributed by atoms with Gasteiger partial charge in [0.25, 0.3) is 0 Å². The Bertz CT molecular complexity index is 487. The van der Waals surface area contributed by atoms with E-state index in [1.54, 1.807) is 0 Å². The van der Waals surface area contributed by atoms with Gasteiger partial charge in [0.15, 0.2) is 0 Å². The third-order valence-electron chi connectivity index (χ3n) is 2.94. The van der Waals surface area contributed by atoms with Gasteiger partial charge in [0, 0.05) is 24.1 Å². The van der Waals surface area contributed by atoms with Crippen LogP contribution in [0, 0.1) is 6.92 Å². The maximum absolute atomic E-state index is 11.8. The van der Waals surface area contributed by atoms with Crippen molar-refractivity contribution in [3.8, 4) is 0 Å².